The van der Waals surface area contributed by atoms with E-state index < -0.39 is 71.2 Å². The molecule has 0 aliphatic heterocycles. The number of sulfonamides is 2. The summed E-state index contributed by atoms with van der Waals surface area (Å²) in [6, 6.07) is 1.91. The SMILES string of the molecule is CC12CCC(C(S(=O)(=O)NCC(NS(=O)(=O)c3cc(Cl)ccc3Cl)C(=O)NO)C1=O)C2(C)C. The van der Waals surface area contributed by atoms with Gasteiger partial charge in [-0.15, -0.1) is 0 Å². The van der Waals surface area contributed by atoms with E-state index in [2.05, 4.69) is 4.72 Å². The van der Waals surface area contributed by atoms with Gasteiger partial charge in [0.2, 0.25) is 20.0 Å². The molecule has 10 nitrogen and oxygen atoms in total. The van der Waals surface area contributed by atoms with Gasteiger partial charge in [-0.1, -0.05) is 44.0 Å². The molecule has 1 amide bonds. The van der Waals surface area contributed by atoms with Gasteiger partial charge in [-0.3, -0.25) is 14.8 Å². The first-order valence-corrected chi connectivity index (χ1v) is 13.8. The molecule has 2 fully saturated rings. The highest BCUT2D eigenvalue weighted by atomic mass is 35.5. The fourth-order valence-corrected chi connectivity index (χ4v) is 8.84. The van der Waals surface area contributed by atoms with Crippen molar-refractivity contribution in [2.45, 2.75) is 49.8 Å². The smallest absolute Gasteiger partial charge is 0.262 e. The third-order valence-corrected chi connectivity index (χ3v) is 11.2. The van der Waals surface area contributed by atoms with Gasteiger partial charge in [0, 0.05) is 17.0 Å². The summed E-state index contributed by atoms with van der Waals surface area (Å²) in [5.74, 6) is -2.03. The number of carbonyl (C=O) groups is 2. The quantitative estimate of drug-likeness (QED) is 0.286. The van der Waals surface area contributed by atoms with Crippen molar-refractivity contribution in [2.75, 3.05) is 6.54 Å². The van der Waals surface area contributed by atoms with E-state index in [-0.39, 0.29) is 10.0 Å². The van der Waals surface area contributed by atoms with Crippen molar-refractivity contribution in [3.8, 4) is 0 Å². The Bertz CT molecular complexity index is 1200. The molecule has 2 aliphatic carbocycles. The van der Waals surface area contributed by atoms with Crippen LogP contribution in [0.2, 0.25) is 10.0 Å². The highest BCUT2D eigenvalue weighted by molar-refractivity contribution is 7.91. The van der Waals surface area contributed by atoms with E-state index in [4.69, 9.17) is 28.4 Å². The predicted octanol–water partition coefficient (Wildman–Crippen LogP) is 1.46. The Kier molecular flexibility index (Phi) is 6.97. The molecular weight excluding hydrogens is 517 g/mol. The monoisotopic (exact) mass is 541 g/mol. The number of carbonyl (C=O) groups excluding carboxylic acids is 2. The summed E-state index contributed by atoms with van der Waals surface area (Å²) in [4.78, 5) is 24.7. The molecule has 1 aromatic rings. The fraction of sp³-hybridized carbons (Fsp3) is 0.579. The van der Waals surface area contributed by atoms with Gasteiger partial charge in [0.15, 0.2) is 5.78 Å². The molecule has 0 spiro atoms. The maximum absolute atomic E-state index is 13.1. The molecule has 0 radical (unpaired) electrons. The topological polar surface area (TPSA) is 159 Å². The third kappa shape index (κ3) is 4.42. The number of rotatable bonds is 8. The molecule has 2 aliphatic rings. The second-order valence-corrected chi connectivity index (χ2v) is 13.5. The second-order valence-electron chi connectivity index (χ2n) is 9.10. The fourth-order valence-electron chi connectivity index (χ4n) is 4.85. The number of hydrogen-bond donors (Lipinski definition) is 4. The Hall–Kier alpha value is -1.28. The summed E-state index contributed by atoms with van der Waals surface area (Å²) in [5.41, 5.74) is -0.0202. The summed E-state index contributed by atoms with van der Waals surface area (Å²) in [6.45, 7) is 4.74. The van der Waals surface area contributed by atoms with Crippen LogP contribution in [0.4, 0.5) is 0 Å². The van der Waals surface area contributed by atoms with Gasteiger partial charge in [0.05, 0.1) is 5.02 Å². The first-order chi connectivity index (χ1) is 15.1. The lowest BCUT2D eigenvalue weighted by Crippen LogP contribution is -2.54. The molecule has 0 heterocycles. The zero-order chi connectivity index (χ0) is 25.0. The normalized spacial score (nSPS) is 27.5. The first kappa shape index (κ1) is 26.3. The Balaban J connectivity index is 1.83. The Morgan fingerprint density at radius 3 is 2.39 bits per heavy atom. The van der Waals surface area contributed by atoms with E-state index in [1.54, 1.807) is 6.92 Å². The van der Waals surface area contributed by atoms with Crippen molar-refractivity contribution in [1.82, 2.24) is 14.9 Å². The number of fused-ring (bicyclic) bond motifs is 2. The lowest BCUT2D eigenvalue weighted by atomic mass is 9.70. The van der Waals surface area contributed by atoms with E-state index in [1.165, 1.54) is 17.6 Å². The molecular formula is C19H25Cl2N3O7S2. The van der Waals surface area contributed by atoms with E-state index in [0.717, 1.165) is 6.07 Å². The molecule has 4 unspecified atom stereocenters. The van der Waals surface area contributed by atoms with Gasteiger partial charge in [0.1, 0.15) is 16.2 Å². The van der Waals surface area contributed by atoms with Crippen LogP contribution in [0.15, 0.2) is 23.1 Å². The van der Waals surface area contributed by atoms with E-state index in [1.807, 2.05) is 18.6 Å². The molecule has 14 heteroatoms. The Morgan fingerprint density at radius 1 is 1.21 bits per heavy atom. The molecule has 1 aromatic carbocycles. The summed E-state index contributed by atoms with van der Waals surface area (Å²) in [7, 11) is -8.71. The lowest BCUT2D eigenvalue weighted by molar-refractivity contribution is -0.130. The van der Waals surface area contributed by atoms with Gasteiger partial charge in [-0.05, 0) is 42.4 Å². The molecule has 2 bridgehead atoms. The zero-order valence-corrected chi connectivity index (χ0v) is 21.2. The van der Waals surface area contributed by atoms with E-state index in [0.29, 0.717) is 12.8 Å². The van der Waals surface area contributed by atoms with Gasteiger partial charge in [-0.2, -0.15) is 4.72 Å². The third-order valence-electron chi connectivity index (χ3n) is 7.20. The van der Waals surface area contributed by atoms with Crippen LogP contribution in [0.1, 0.15) is 33.6 Å². The van der Waals surface area contributed by atoms with Crippen LogP contribution in [0, 0.1) is 16.7 Å². The van der Waals surface area contributed by atoms with Gasteiger partial charge in [0.25, 0.3) is 5.91 Å². The summed E-state index contributed by atoms with van der Waals surface area (Å²) < 4.78 is 55.8. The second kappa shape index (κ2) is 8.74. The molecule has 184 valence electrons. The van der Waals surface area contributed by atoms with Gasteiger partial charge in [-0.25, -0.2) is 27.0 Å². The predicted molar refractivity (Wildman–Crippen MR) is 121 cm³/mol. The van der Waals surface area contributed by atoms with E-state index in [9.17, 15) is 26.4 Å². The Morgan fingerprint density at radius 2 is 1.85 bits per heavy atom. The number of benzene rings is 1. The van der Waals surface area contributed by atoms with Crippen LogP contribution in [0.25, 0.3) is 0 Å². The highest BCUT2D eigenvalue weighted by Crippen LogP contribution is 2.64. The summed E-state index contributed by atoms with van der Waals surface area (Å²) in [6.07, 6.45) is 1.15. The maximum Gasteiger partial charge on any atom is 0.262 e. The van der Waals surface area contributed by atoms with Crippen LogP contribution in [0.5, 0.6) is 0 Å². The van der Waals surface area contributed by atoms with Crippen molar-refractivity contribution in [2.24, 2.45) is 16.7 Å². The number of amides is 1. The number of hydroxylamine groups is 1. The number of halogens is 2. The Labute approximate surface area is 202 Å². The minimum atomic E-state index is -4.44. The van der Waals surface area contributed by atoms with Crippen LogP contribution < -0.4 is 14.9 Å². The number of ketones is 1. The molecule has 4 atom stereocenters. The lowest BCUT2D eigenvalue weighted by Gasteiger charge is -2.32. The first-order valence-electron chi connectivity index (χ1n) is 10.0. The highest BCUT2D eigenvalue weighted by Gasteiger charge is 2.69. The zero-order valence-electron chi connectivity index (χ0n) is 18.1. The average Bonchev–Trinajstić information content (AvgIpc) is 3.04. The molecule has 2 saturated carbocycles. The average molecular weight is 542 g/mol. The van der Waals surface area contributed by atoms with Crippen LogP contribution >= 0.6 is 23.2 Å². The number of Topliss-reactive ketones (excluding diaryl/α,β-unsaturated/α-hetero) is 1. The largest absolute Gasteiger partial charge is 0.298 e. The minimum absolute atomic E-state index is 0.0644. The molecule has 33 heavy (non-hydrogen) atoms. The molecule has 4 N–H and O–H groups in total. The summed E-state index contributed by atoms with van der Waals surface area (Å²) in [5, 5.41) is 7.60. The van der Waals surface area contributed by atoms with E-state index >= 15 is 0 Å². The summed E-state index contributed by atoms with van der Waals surface area (Å²) >= 11 is 11.8. The standard InChI is InChI=1S/C19H25Cl2N3O7S2/c1-18(2)11-6-7-19(18,3)16(25)15(11)33(30,31)22-9-13(17(26)23-27)24-32(28,29)14-8-10(20)4-5-12(14)21/h4-5,8,11,13,15,22,24,27H,6-7,9H2,1-3H3,(H,23,26). The minimum Gasteiger partial charge on any atom is -0.298 e. The molecule has 3 rings (SSSR count). The van der Waals surface area contributed by atoms with Crippen molar-refractivity contribution in [1.29, 1.82) is 0 Å². The van der Waals surface area contributed by atoms with Crippen LogP contribution in [0.3, 0.4) is 0 Å². The van der Waals surface area contributed by atoms with Gasteiger partial charge >= 0.3 is 0 Å². The van der Waals surface area contributed by atoms with Crippen molar-refractivity contribution in [3.63, 3.8) is 0 Å². The number of hydrogen-bond acceptors (Lipinski definition) is 7. The van der Waals surface area contributed by atoms with Gasteiger partial charge < -0.3 is 0 Å². The maximum atomic E-state index is 13.1. The van der Waals surface area contributed by atoms with Crippen LogP contribution in [-0.2, 0) is 29.6 Å². The number of nitrogens with one attached hydrogen (secondary N) is 3. The van der Waals surface area contributed by atoms with Crippen molar-refractivity contribution >= 4 is 54.9 Å². The molecule has 0 aromatic heterocycles. The van der Waals surface area contributed by atoms with Crippen molar-refractivity contribution in [3.05, 3.63) is 28.2 Å². The van der Waals surface area contributed by atoms with Crippen molar-refractivity contribution < 1.29 is 31.6 Å². The van der Waals surface area contributed by atoms with Crippen LogP contribution in [-0.4, -0.2) is 51.6 Å². The molecule has 0 saturated heterocycles.